The average Bonchev–Trinajstić information content (AvgIpc) is 2.93. The topological polar surface area (TPSA) is 92.3 Å². The quantitative estimate of drug-likeness (QED) is 0.717. The van der Waals surface area contributed by atoms with E-state index in [2.05, 4.69) is 35.5 Å². The van der Waals surface area contributed by atoms with Gasteiger partial charge < -0.3 is 5.32 Å². The Balaban J connectivity index is 1.90. The molecule has 3 aromatic heterocycles. The number of pyridine rings is 1. The zero-order chi connectivity index (χ0) is 12.2. The van der Waals surface area contributed by atoms with Gasteiger partial charge in [-0.1, -0.05) is 6.07 Å². The summed E-state index contributed by atoms with van der Waals surface area (Å²) in [6, 6.07) is 5.63. The summed E-state index contributed by atoms with van der Waals surface area (Å²) in [7, 11) is 0. The van der Waals surface area contributed by atoms with E-state index < -0.39 is 0 Å². The van der Waals surface area contributed by atoms with Gasteiger partial charge in [0.15, 0.2) is 5.82 Å². The van der Waals surface area contributed by atoms with Gasteiger partial charge in [-0.05, 0) is 12.1 Å². The number of rotatable bonds is 3. The molecule has 0 aliphatic carbocycles. The Labute approximate surface area is 102 Å². The van der Waals surface area contributed by atoms with Crippen LogP contribution in [0.15, 0.2) is 43.1 Å². The van der Waals surface area contributed by atoms with Gasteiger partial charge in [0, 0.05) is 6.20 Å². The van der Waals surface area contributed by atoms with E-state index >= 15 is 0 Å². The van der Waals surface area contributed by atoms with E-state index in [1.165, 1.54) is 6.33 Å². The first kappa shape index (κ1) is 10.3. The summed E-state index contributed by atoms with van der Waals surface area (Å²) >= 11 is 0. The third-order valence-corrected chi connectivity index (χ3v) is 2.22. The molecule has 3 heterocycles. The van der Waals surface area contributed by atoms with Crippen LogP contribution in [0.3, 0.4) is 0 Å². The molecule has 0 atom stereocenters. The standard InChI is InChI=1S/C11H9N7/c1-2-4-13-8(3-1)9-5-12-6-10(16-9)17-11-14-7-15-18-11/h1-7H,(H2,14,15,16,17,18). The van der Waals surface area contributed by atoms with Crippen LogP contribution in [0.2, 0.25) is 0 Å². The molecule has 3 rings (SSSR count). The van der Waals surface area contributed by atoms with E-state index in [1.807, 2.05) is 18.2 Å². The van der Waals surface area contributed by atoms with Crippen LogP contribution in [0.4, 0.5) is 11.8 Å². The first-order valence-electron chi connectivity index (χ1n) is 5.28. The Morgan fingerprint density at radius 1 is 1.06 bits per heavy atom. The highest BCUT2D eigenvalue weighted by molar-refractivity contribution is 5.56. The molecule has 7 heteroatoms. The van der Waals surface area contributed by atoms with E-state index in [0.717, 1.165) is 5.69 Å². The Hall–Kier alpha value is -2.83. The van der Waals surface area contributed by atoms with Gasteiger partial charge in [-0.15, -0.1) is 5.10 Å². The van der Waals surface area contributed by atoms with Crippen LogP contribution in [-0.4, -0.2) is 30.1 Å². The van der Waals surface area contributed by atoms with E-state index in [9.17, 15) is 0 Å². The predicted molar refractivity (Wildman–Crippen MR) is 64.9 cm³/mol. The molecular weight excluding hydrogens is 230 g/mol. The van der Waals surface area contributed by atoms with E-state index in [4.69, 9.17) is 0 Å². The second kappa shape index (κ2) is 4.58. The number of nitrogens with one attached hydrogen (secondary N) is 2. The number of hydrogen-bond donors (Lipinski definition) is 2. The van der Waals surface area contributed by atoms with E-state index in [1.54, 1.807) is 18.6 Å². The Kier molecular flexibility index (Phi) is 2.63. The third kappa shape index (κ3) is 2.14. The molecule has 0 fully saturated rings. The zero-order valence-corrected chi connectivity index (χ0v) is 9.28. The van der Waals surface area contributed by atoms with Crippen molar-refractivity contribution >= 4 is 11.8 Å². The summed E-state index contributed by atoms with van der Waals surface area (Å²) in [5.74, 6) is 1.01. The maximum absolute atomic E-state index is 4.39. The number of aromatic nitrogens is 6. The van der Waals surface area contributed by atoms with Gasteiger partial charge in [-0.25, -0.2) is 9.97 Å². The molecule has 0 unspecified atom stereocenters. The largest absolute Gasteiger partial charge is 0.306 e. The van der Waals surface area contributed by atoms with E-state index in [0.29, 0.717) is 17.5 Å². The molecule has 0 aromatic carbocycles. The van der Waals surface area contributed by atoms with Crippen molar-refractivity contribution in [1.29, 1.82) is 0 Å². The Morgan fingerprint density at radius 2 is 2.06 bits per heavy atom. The average molecular weight is 239 g/mol. The normalized spacial score (nSPS) is 10.2. The fourth-order valence-electron chi connectivity index (χ4n) is 1.45. The highest BCUT2D eigenvalue weighted by atomic mass is 15.3. The molecule has 7 nitrogen and oxygen atoms in total. The molecule has 3 aromatic rings. The number of H-pyrrole nitrogens is 1. The second-order valence-corrected chi connectivity index (χ2v) is 3.45. The van der Waals surface area contributed by atoms with Crippen LogP contribution in [0.25, 0.3) is 11.4 Å². The van der Waals surface area contributed by atoms with Gasteiger partial charge >= 0.3 is 0 Å². The minimum Gasteiger partial charge on any atom is -0.306 e. The van der Waals surface area contributed by atoms with Crippen molar-refractivity contribution in [2.45, 2.75) is 0 Å². The van der Waals surface area contributed by atoms with Crippen molar-refractivity contribution in [2.75, 3.05) is 5.32 Å². The molecule has 18 heavy (non-hydrogen) atoms. The number of nitrogens with zero attached hydrogens (tertiary/aromatic N) is 5. The van der Waals surface area contributed by atoms with Crippen molar-refractivity contribution in [1.82, 2.24) is 30.1 Å². The first-order valence-corrected chi connectivity index (χ1v) is 5.28. The van der Waals surface area contributed by atoms with Gasteiger partial charge in [-0.3, -0.25) is 15.1 Å². The minimum absolute atomic E-state index is 0.447. The fraction of sp³-hybridized carbons (Fsp3) is 0. The molecule has 88 valence electrons. The van der Waals surface area contributed by atoms with Crippen LogP contribution >= 0.6 is 0 Å². The fourth-order valence-corrected chi connectivity index (χ4v) is 1.45. The van der Waals surface area contributed by atoms with Crippen LogP contribution in [0.1, 0.15) is 0 Å². The molecule has 2 N–H and O–H groups in total. The summed E-state index contributed by atoms with van der Waals surface area (Å²) in [4.78, 5) is 16.7. The SMILES string of the molecule is c1ccc(-c2cncc(Nc3nc[nH]n3)n2)nc1. The number of anilines is 2. The molecule has 0 bridgehead atoms. The van der Waals surface area contributed by atoms with Gasteiger partial charge in [0.1, 0.15) is 12.0 Å². The maximum atomic E-state index is 4.39. The monoisotopic (exact) mass is 239 g/mol. The molecule has 0 aliphatic heterocycles. The second-order valence-electron chi connectivity index (χ2n) is 3.45. The van der Waals surface area contributed by atoms with Crippen LogP contribution in [0.5, 0.6) is 0 Å². The predicted octanol–water partition coefficient (Wildman–Crippen LogP) is 1.40. The Bertz CT molecular complexity index is 621. The summed E-state index contributed by atoms with van der Waals surface area (Å²) in [6.07, 6.45) is 6.46. The number of hydrogen-bond acceptors (Lipinski definition) is 6. The van der Waals surface area contributed by atoms with Crippen LogP contribution in [-0.2, 0) is 0 Å². The Morgan fingerprint density at radius 3 is 2.83 bits per heavy atom. The van der Waals surface area contributed by atoms with Gasteiger partial charge in [0.2, 0.25) is 5.95 Å². The summed E-state index contributed by atoms with van der Waals surface area (Å²) in [6.45, 7) is 0. The molecule has 0 saturated heterocycles. The van der Waals surface area contributed by atoms with Gasteiger partial charge in [0.05, 0.1) is 18.1 Å². The van der Waals surface area contributed by atoms with Crippen molar-refractivity contribution < 1.29 is 0 Å². The lowest BCUT2D eigenvalue weighted by molar-refractivity contribution is 1.08. The highest BCUT2D eigenvalue weighted by Gasteiger charge is 2.04. The van der Waals surface area contributed by atoms with Gasteiger partial charge in [0.25, 0.3) is 0 Å². The van der Waals surface area contributed by atoms with Crippen molar-refractivity contribution in [3.63, 3.8) is 0 Å². The first-order chi connectivity index (χ1) is 8.92. The van der Waals surface area contributed by atoms with Crippen molar-refractivity contribution in [3.05, 3.63) is 43.1 Å². The van der Waals surface area contributed by atoms with E-state index in [-0.39, 0.29) is 0 Å². The van der Waals surface area contributed by atoms with Crippen molar-refractivity contribution in [3.8, 4) is 11.4 Å². The molecule has 0 spiro atoms. The smallest absolute Gasteiger partial charge is 0.247 e. The third-order valence-electron chi connectivity index (χ3n) is 2.22. The zero-order valence-electron chi connectivity index (χ0n) is 9.28. The lowest BCUT2D eigenvalue weighted by Crippen LogP contribution is -1.98. The highest BCUT2D eigenvalue weighted by Crippen LogP contribution is 2.15. The molecule has 0 radical (unpaired) electrons. The van der Waals surface area contributed by atoms with Crippen molar-refractivity contribution in [2.24, 2.45) is 0 Å². The summed E-state index contributed by atoms with van der Waals surface area (Å²) in [5, 5.41) is 9.43. The lowest BCUT2D eigenvalue weighted by atomic mass is 10.3. The molecule has 0 saturated carbocycles. The minimum atomic E-state index is 0.447. The summed E-state index contributed by atoms with van der Waals surface area (Å²) < 4.78 is 0. The van der Waals surface area contributed by atoms with Crippen LogP contribution in [0, 0.1) is 0 Å². The lowest BCUT2D eigenvalue weighted by Gasteiger charge is -2.03. The summed E-state index contributed by atoms with van der Waals surface area (Å²) in [5.41, 5.74) is 1.46. The number of aromatic amines is 1. The molecular formula is C11H9N7. The molecule has 0 amide bonds. The van der Waals surface area contributed by atoms with Gasteiger partial charge in [-0.2, -0.15) is 0 Å². The maximum Gasteiger partial charge on any atom is 0.247 e. The molecule has 0 aliphatic rings. The van der Waals surface area contributed by atoms with Crippen LogP contribution < -0.4 is 5.32 Å².